The van der Waals surface area contributed by atoms with Crippen molar-refractivity contribution in [3.8, 4) is 11.5 Å². The molecule has 0 spiro atoms. The van der Waals surface area contributed by atoms with E-state index in [9.17, 15) is 0 Å². The summed E-state index contributed by atoms with van der Waals surface area (Å²) >= 11 is 0. The average molecular weight is 459 g/mol. The van der Waals surface area contributed by atoms with Crippen LogP contribution >= 0.6 is 0 Å². The molecule has 12 nitrogen and oxygen atoms in total. The summed E-state index contributed by atoms with van der Waals surface area (Å²) in [6, 6.07) is 5.24. The highest BCUT2D eigenvalue weighted by molar-refractivity contribution is 5.66. The molecule has 4 rings (SSSR count). The van der Waals surface area contributed by atoms with Crippen molar-refractivity contribution < 1.29 is 9.47 Å². The zero-order chi connectivity index (χ0) is 23.5. The first-order valence-electron chi connectivity index (χ1n) is 11.1. The molecule has 0 amide bonds. The van der Waals surface area contributed by atoms with Gasteiger partial charge in [-0.2, -0.15) is 15.0 Å². The normalized spacial score (nSPS) is 25.6. The molecule has 4 atom stereocenters. The lowest BCUT2D eigenvalue weighted by atomic mass is 10.0. The first-order chi connectivity index (χ1) is 15.8. The quantitative estimate of drug-likeness (QED) is 0.370. The highest BCUT2D eigenvalue weighted by Gasteiger charge is 2.29. The fourth-order valence-electron chi connectivity index (χ4n) is 4.41. The summed E-state index contributed by atoms with van der Waals surface area (Å²) in [7, 11) is 3.21. The highest BCUT2D eigenvalue weighted by atomic mass is 16.5. The monoisotopic (exact) mass is 458 g/mol. The van der Waals surface area contributed by atoms with Crippen LogP contribution in [0, 0.1) is 0 Å². The number of benzene rings is 1. The van der Waals surface area contributed by atoms with Gasteiger partial charge < -0.3 is 47.5 Å². The van der Waals surface area contributed by atoms with Gasteiger partial charge in [0.05, 0.1) is 19.9 Å². The van der Waals surface area contributed by atoms with E-state index in [1.807, 2.05) is 28.0 Å². The van der Waals surface area contributed by atoms with Crippen molar-refractivity contribution in [1.82, 2.24) is 15.0 Å². The van der Waals surface area contributed by atoms with Gasteiger partial charge in [0.2, 0.25) is 17.8 Å². The second-order valence-electron chi connectivity index (χ2n) is 8.77. The minimum atomic E-state index is -0.0549. The van der Waals surface area contributed by atoms with Crippen LogP contribution in [0.4, 0.5) is 23.5 Å². The molecule has 3 heterocycles. The Balaban J connectivity index is 1.71. The summed E-state index contributed by atoms with van der Waals surface area (Å²) in [6.45, 7) is 2.44. The summed E-state index contributed by atoms with van der Waals surface area (Å²) in [4.78, 5) is 18.1. The molecule has 180 valence electrons. The number of anilines is 4. The van der Waals surface area contributed by atoms with Gasteiger partial charge in [-0.1, -0.05) is 0 Å². The number of nitrogens with two attached hydrogens (primary N) is 4. The Morgan fingerprint density at radius 1 is 0.788 bits per heavy atom. The fourth-order valence-corrected chi connectivity index (χ4v) is 4.41. The molecule has 1 aromatic heterocycles. The SMILES string of the molecule is COc1ccc(OC)c(Nc2nc(N3C[C@H](N)C[C@H](N)C3)nc(N3C[C@H](N)C[C@H](N)C3)n2)c1. The molecule has 2 aliphatic heterocycles. The lowest BCUT2D eigenvalue weighted by molar-refractivity contribution is 0.404. The number of nitrogens with zero attached hydrogens (tertiary/aromatic N) is 5. The van der Waals surface area contributed by atoms with Gasteiger partial charge in [-0.05, 0) is 25.0 Å². The van der Waals surface area contributed by atoms with Gasteiger partial charge in [-0.3, -0.25) is 0 Å². The Bertz CT molecular complexity index is 896. The smallest absolute Gasteiger partial charge is 0.233 e. The molecular weight excluding hydrogens is 424 g/mol. The van der Waals surface area contributed by atoms with Crippen molar-refractivity contribution in [2.75, 3.05) is 55.5 Å². The summed E-state index contributed by atoms with van der Waals surface area (Å²) in [5, 5.41) is 3.26. The Morgan fingerprint density at radius 2 is 1.30 bits per heavy atom. The summed E-state index contributed by atoms with van der Waals surface area (Å²) in [6.07, 6.45) is 1.52. The van der Waals surface area contributed by atoms with E-state index in [0.29, 0.717) is 61.2 Å². The maximum absolute atomic E-state index is 6.22. The van der Waals surface area contributed by atoms with E-state index in [2.05, 4.69) is 15.3 Å². The predicted molar refractivity (Wildman–Crippen MR) is 128 cm³/mol. The Hall–Kier alpha value is -2.93. The lowest BCUT2D eigenvalue weighted by Crippen LogP contribution is -2.54. The van der Waals surface area contributed by atoms with Crippen molar-refractivity contribution in [3.63, 3.8) is 0 Å². The van der Waals surface area contributed by atoms with E-state index in [4.69, 9.17) is 37.4 Å². The van der Waals surface area contributed by atoms with Gasteiger partial charge in [0, 0.05) is 56.4 Å². The molecule has 9 N–H and O–H groups in total. The second-order valence-corrected chi connectivity index (χ2v) is 8.77. The van der Waals surface area contributed by atoms with Crippen LogP contribution in [0.3, 0.4) is 0 Å². The van der Waals surface area contributed by atoms with Crippen molar-refractivity contribution in [2.24, 2.45) is 22.9 Å². The number of hydrogen-bond donors (Lipinski definition) is 5. The molecule has 0 aliphatic carbocycles. The number of piperidine rings is 2. The van der Waals surface area contributed by atoms with Crippen LogP contribution in [0.2, 0.25) is 0 Å². The molecule has 2 fully saturated rings. The molecular formula is C21H34N10O2. The van der Waals surface area contributed by atoms with E-state index in [1.54, 1.807) is 14.2 Å². The van der Waals surface area contributed by atoms with Gasteiger partial charge >= 0.3 is 0 Å². The van der Waals surface area contributed by atoms with Crippen LogP contribution in [0.25, 0.3) is 0 Å². The van der Waals surface area contributed by atoms with Crippen LogP contribution in [-0.2, 0) is 0 Å². The summed E-state index contributed by atoms with van der Waals surface area (Å²) in [5.41, 5.74) is 25.5. The van der Waals surface area contributed by atoms with E-state index >= 15 is 0 Å². The molecule has 33 heavy (non-hydrogen) atoms. The van der Waals surface area contributed by atoms with Crippen molar-refractivity contribution in [1.29, 1.82) is 0 Å². The molecule has 2 aliphatic rings. The maximum Gasteiger partial charge on any atom is 0.233 e. The first kappa shape index (κ1) is 23.2. The third kappa shape index (κ3) is 5.53. The lowest BCUT2D eigenvalue weighted by Gasteiger charge is -2.37. The Labute approximate surface area is 193 Å². The fraction of sp³-hybridized carbons (Fsp3) is 0.571. The van der Waals surface area contributed by atoms with Crippen LogP contribution in [-0.4, -0.2) is 79.5 Å². The number of nitrogens with one attached hydrogen (secondary N) is 1. The first-order valence-corrected chi connectivity index (χ1v) is 11.1. The molecule has 12 heteroatoms. The van der Waals surface area contributed by atoms with Gasteiger partial charge in [0.25, 0.3) is 0 Å². The topological polar surface area (TPSA) is 180 Å². The number of aromatic nitrogens is 3. The van der Waals surface area contributed by atoms with Gasteiger partial charge in [-0.15, -0.1) is 0 Å². The van der Waals surface area contributed by atoms with Crippen LogP contribution in [0.5, 0.6) is 11.5 Å². The van der Waals surface area contributed by atoms with E-state index in [1.165, 1.54) is 0 Å². The summed E-state index contributed by atoms with van der Waals surface area (Å²) < 4.78 is 10.8. The number of methoxy groups -OCH3 is 2. The van der Waals surface area contributed by atoms with E-state index in [0.717, 1.165) is 12.8 Å². The molecule has 0 radical (unpaired) electrons. The molecule has 2 saturated heterocycles. The zero-order valence-electron chi connectivity index (χ0n) is 19.1. The van der Waals surface area contributed by atoms with Gasteiger partial charge in [0.1, 0.15) is 11.5 Å². The molecule has 0 unspecified atom stereocenters. The third-order valence-corrected chi connectivity index (χ3v) is 5.86. The standard InChI is InChI=1S/C21H34N10O2/c1-32-16-3-4-18(33-2)17(7-16)26-19-27-20(30-8-12(22)5-13(23)9-30)29-21(28-19)31-10-14(24)6-15(25)11-31/h3-4,7,12-15H,5-6,8-11,22-25H2,1-2H3,(H,26,27,28,29)/t12-,13+,14-,15+. The second kappa shape index (κ2) is 9.91. The number of ether oxygens (including phenoxy) is 2. The minimum absolute atomic E-state index is 0.0549. The van der Waals surface area contributed by atoms with Gasteiger partial charge in [0.15, 0.2) is 0 Å². The number of rotatable bonds is 6. The van der Waals surface area contributed by atoms with Crippen molar-refractivity contribution in [2.45, 2.75) is 37.0 Å². The Kier molecular flexibility index (Phi) is 6.98. The van der Waals surface area contributed by atoms with Crippen molar-refractivity contribution in [3.05, 3.63) is 18.2 Å². The third-order valence-electron chi connectivity index (χ3n) is 5.86. The van der Waals surface area contributed by atoms with Crippen molar-refractivity contribution >= 4 is 23.5 Å². The minimum Gasteiger partial charge on any atom is -0.497 e. The highest BCUT2D eigenvalue weighted by Crippen LogP contribution is 2.32. The maximum atomic E-state index is 6.22. The van der Waals surface area contributed by atoms with Crippen LogP contribution < -0.4 is 47.5 Å². The molecule has 2 aromatic rings. The molecule has 1 aromatic carbocycles. The molecule has 0 bridgehead atoms. The Morgan fingerprint density at radius 3 is 1.76 bits per heavy atom. The van der Waals surface area contributed by atoms with Crippen LogP contribution in [0.15, 0.2) is 18.2 Å². The summed E-state index contributed by atoms with van der Waals surface area (Å²) in [5.74, 6) is 2.67. The zero-order valence-corrected chi connectivity index (χ0v) is 19.1. The van der Waals surface area contributed by atoms with E-state index in [-0.39, 0.29) is 24.2 Å². The average Bonchev–Trinajstić information content (AvgIpc) is 2.77. The number of hydrogen-bond acceptors (Lipinski definition) is 12. The predicted octanol–water partition coefficient (Wildman–Crippen LogP) is -0.638. The van der Waals surface area contributed by atoms with Gasteiger partial charge in [-0.25, -0.2) is 0 Å². The largest absolute Gasteiger partial charge is 0.497 e. The van der Waals surface area contributed by atoms with Crippen LogP contribution in [0.1, 0.15) is 12.8 Å². The molecule has 0 saturated carbocycles. The van der Waals surface area contributed by atoms with E-state index < -0.39 is 0 Å².